The van der Waals surface area contributed by atoms with Crippen LogP contribution < -0.4 is 34.7 Å². The topological polar surface area (TPSA) is 118 Å². The quantitative estimate of drug-likeness (QED) is 0.299. The van der Waals surface area contributed by atoms with Crippen molar-refractivity contribution in [2.24, 2.45) is 5.73 Å². The molecular weight excluding hydrogens is 633 g/mol. The second-order valence-electron chi connectivity index (χ2n) is 13.7. The Hall–Kier alpha value is -3.90. The molecule has 0 bridgehead atoms. The third-order valence-electron chi connectivity index (χ3n) is 9.48. The lowest BCUT2D eigenvalue weighted by molar-refractivity contribution is -0.126. The number of likely N-dealkylation sites (N-methyl/N-ethyl adjacent to an activating group) is 1. The first-order valence-corrected chi connectivity index (χ1v) is 16.5. The molecule has 1 saturated carbocycles. The van der Waals surface area contributed by atoms with Crippen molar-refractivity contribution in [1.29, 1.82) is 0 Å². The van der Waals surface area contributed by atoms with E-state index < -0.39 is 28.6 Å². The van der Waals surface area contributed by atoms with E-state index in [9.17, 15) is 18.8 Å². The van der Waals surface area contributed by atoms with Crippen molar-refractivity contribution >= 4 is 16.9 Å². The molecule has 1 aliphatic carbocycles. The SMILES string of the molecule is CN1CCCN(Cc2ccc(-c3cccc(-n4c(=O)n([C@H]5CC[C@@H](NC(=O)C(C)(C)N)CC5)c(=O)c5cc(F)cnc54)c3)cc2)CC1.[Cl-].[H+]. The molecule has 0 spiro atoms. The van der Waals surface area contributed by atoms with Gasteiger partial charge >= 0.3 is 7.12 Å². The lowest BCUT2D eigenvalue weighted by atomic mass is 9.90. The molecule has 4 aromatic rings. The fourth-order valence-electron chi connectivity index (χ4n) is 6.73. The number of rotatable bonds is 7. The van der Waals surface area contributed by atoms with Gasteiger partial charge in [-0.05, 0) is 101 Å². The summed E-state index contributed by atoms with van der Waals surface area (Å²) >= 11 is 0. The Morgan fingerprint density at radius 1 is 1.00 bits per heavy atom. The molecule has 2 aromatic heterocycles. The van der Waals surface area contributed by atoms with Gasteiger partial charge in [0.25, 0.3) is 5.56 Å². The van der Waals surface area contributed by atoms with Crippen LogP contribution in [0, 0.1) is 5.82 Å². The molecule has 6 rings (SSSR count). The summed E-state index contributed by atoms with van der Waals surface area (Å²) in [6.07, 6.45) is 4.35. The second-order valence-corrected chi connectivity index (χ2v) is 13.7. The highest BCUT2D eigenvalue weighted by Crippen LogP contribution is 2.29. The van der Waals surface area contributed by atoms with E-state index in [-0.39, 0.29) is 36.8 Å². The van der Waals surface area contributed by atoms with Gasteiger partial charge in [0.05, 0.1) is 22.8 Å². The Labute approximate surface area is 287 Å². The molecule has 0 atom stereocenters. The largest absolute Gasteiger partial charge is 1.00 e. The van der Waals surface area contributed by atoms with Gasteiger partial charge in [0.2, 0.25) is 5.91 Å². The van der Waals surface area contributed by atoms with Crippen LogP contribution in [0.25, 0.3) is 27.8 Å². The van der Waals surface area contributed by atoms with Crippen molar-refractivity contribution in [3.8, 4) is 16.8 Å². The Bertz CT molecular complexity index is 1890. The summed E-state index contributed by atoms with van der Waals surface area (Å²) in [7, 11) is 2.17. The summed E-state index contributed by atoms with van der Waals surface area (Å²) in [4.78, 5) is 49.4. The van der Waals surface area contributed by atoms with E-state index >= 15 is 0 Å². The maximum atomic E-state index is 14.4. The Kier molecular flexibility index (Phi) is 10.8. The average Bonchev–Trinajstić information content (AvgIpc) is 3.25. The number of pyridine rings is 1. The van der Waals surface area contributed by atoms with Gasteiger partial charge in [-0.3, -0.25) is 19.1 Å². The Balaban J connectivity index is 0.00000270. The number of nitrogens with one attached hydrogen (secondary N) is 1. The van der Waals surface area contributed by atoms with Crippen LogP contribution in [0.5, 0.6) is 0 Å². The van der Waals surface area contributed by atoms with Crippen molar-refractivity contribution in [2.45, 2.75) is 70.1 Å². The molecule has 0 radical (unpaired) electrons. The number of amides is 1. The first kappa shape index (κ1) is 35.4. The normalized spacial score (nSPS) is 19.4. The van der Waals surface area contributed by atoms with E-state index in [4.69, 9.17) is 5.73 Å². The number of nitrogens with zero attached hydrogens (tertiary/aromatic N) is 5. The van der Waals surface area contributed by atoms with E-state index in [0.717, 1.165) is 62.5 Å². The number of carbonyl (C=O) groups excluding carboxylic acids is 1. The summed E-state index contributed by atoms with van der Waals surface area (Å²) < 4.78 is 17.1. The zero-order chi connectivity index (χ0) is 33.3. The molecule has 12 heteroatoms. The first-order valence-electron chi connectivity index (χ1n) is 16.5. The minimum Gasteiger partial charge on any atom is -1.00 e. The van der Waals surface area contributed by atoms with Crippen LogP contribution in [-0.2, 0) is 11.3 Å². The lowest BCUT2D eigenvalue weighted by Crippen LogP contribution is -3.00. The van der Waals surface area contributed by atoms with Gasteiger partial charge in [-0.2, -0.15) is 0 Å². The van der Waals surface area contributed by atoms with Crippen LogP contribution in [0.2, 0.25) is 0 Å². The summed E-state index contributed by atoms with van der Waals surface area (Å²) in [5, 5.41) is 3.03. The summed E-state index contributed by atoms with van der Waals surface area (Å²) in [5.41, 5.74) is 7.66. The summed E-state index contributed by atoms with van der Waals surface area (Å²) in [6, 6.07) is 16.7. The minimum atomic E-state index is -1.00. The van der Waals surface area contributed by atoms with Gasteiger partial charge in [-0.15, -0.1) is 0 Å². The second kappa shape index (κ2) is 14.7. The molecule has 0 unspecified atom stereocenters. The van der Waals surface area contributed by atoms with Crippen LogP contribution in [0.4, 0.5) is 4.39 Å². The standard InChI is InChI=1S/C36H44FN7O3.ClH/c1-36(2,38)34(46)40-28-12-14-29(15-13-28)44-33(45)31-21-27(37)22-39-32(31)43(35(44)47)30-7-4-6-26(20-30)25-10-8-24(9-11-25)23-42-17-5-16-41(3)18-19-42;/h4,6-11,20-22,28-29H,5,12-19,23,38H2,1-3H3,(H,40,46);1H/t28-,29+;. The van der Waals surface area contributed by atoms with Gasteiger partial charge in [0, 0.05) is 31.7 Å². The highest BCUT2D eigenvalue weighted by Gasteiger charge is 2.30. The Morgan fingerprint density at radius 2 is 1.73 bits per heavy atom. The maximum Gasteiger partial charge on any atom is 1.00 e. The molecule has 3 N–H and O–H groups in total. The zero-order valence-electron chi connectivity index (χ0n) is 28.8. The monoisotopic (exact) mass is 677 g/mol. The zero-order valence-corrected chi connectivity index (χ0v) is 28.5. The van der Waals surface area contributed by atoms with Gasteiger partial charge in [-0.1, -0.05) is 36.4 Å². The highest BCUT2D eigenvalue weighted by molar-refractivity contribution is 5.85. The first-order chi connectivity index (χ1) is 22.5. The predicted molar refractivity (Wildman–Crippen MR) is 183 cm³/mol. The molecule has 2 aromatic carbocycles. The highest BCUT2D eigenvalue weighted by atomic mass is 35.5. The Morgan fingerprint density at radius 3 is 2.44 bits per heavy atom. The van der Waals surface area contributed by atoms with Gasteiger partial charge in [0.15, 0.2) is 5.65 Å². The predicted octanol–water partition coefficient (Wildman–Crippen LogP) is 0.945. The van der Waals surface area contributed by atoms with E-state index in [1.54, 1.807) is 19.9 Å². The third kappa shape index (κ3) is 7.70. The molecule has 48 heavy (non-hydrogen) atoms. The molecular formula is C36H45ClFN7O3. The molecule has 256 valence electrons. The van der Waals surface area contributed by atoms with E-state index in [1.165, 1.54) is 14.7 Å². The number of fused-ring (bicyclic) bond motifs is 1. The minimum absolute atomic E-state index is 0. The fourth-order valence-corrected chi connectivity index (χ4v) is 6.73. The number of halogens is 2. The van der Waals surface area contributed by atoms with Crippen molar-refractivity contribution < 1.29 is 23.0 Å². The van der Waals surface area contributed by atoms with Crippen LogP contribution in [0.15, 0.2) is 70.4 Å². The summed E-state index contributed by atoms with van der Waals surface area (Å²) in [5.74, 6) is -0.893. The molecule has 1 aliphatic heterocycles. The van der Waals surface area contributed by atoms with Crippen molar-refractivity contribution in [3.63, 3.8) is 0 Å². The van der Waals surface area contributed by atoms with Gasteiger partial charge in [0.1, 0.15) is 5.82 Å². The number of nitrogens with two attached hydrogens (primary N) is 1. The number of hydrogen-bond donors (Lipinski definition) is 2. The van der Waals surface area contributed by atoms with Crippen molar-refractivity contribution in [3.05, 3.63) is 93.0 Å². The molecule has 3 heterocycles. The van der Waals surface area contributed by atoms with E-state index in [0.29, 0.717) is 31.4 Å². The summed E-state index contributed by atoms with van der Waals surface area (Å²) in [6.45, 7) is 8.53. The van der Waals surface area contributed by atoms with Gasteiger partial charge < -0.3 is 28.4 Å². The van der Waals surface area contributed by atoms with Crippen LogP contribution in [0.3, 0.4) is 0 Å². The number of aromatic nitrogens is 3. The van der Waals surface area contributed by atoms with Crippen molar-refractivity contribution in [2.75, 3.05) is 33.2 Å². The number of benzene rings is 2. The fraction of sp³-hybridized carbons (Fsp3) is 0.444. The lowest BCUT2D eigenvalue weighted by Gasteiger charge is -2.32. The molecule has 10 nitrogen and oxygen atoms in total. The number of carbonyl (C=O) groups is 1. The smallest absolute Gasteiger partial charge is 1.00 e. The molecule has 1 saturated heterocycles. The number of hydrogen-bond acceptors (Lipinski definition) is 7. The third-order valence-corrected chi connectivity index (χ3v) is 9.48. The van der Waals surface area contributed by atoms with Crippen LogP contribution in [-0.4, -0.2) is 74.6 Å². The van der Waals surface area contributed by atoms with Crippen LogP contribution in [0.1, 0.15) is 59.0 Å². The van der Waals surface area contributed by atoms with E-state index in [2.05, 4.69) is 51.4 Å². The average molecular weight is 678 g/mol. The van der Waals surface area contributed by atoms with Gasteiger partial charge in [-0.25, -0.2) is 18.7 Å². The van der Waals surface area contributed by atoms with E-state index in [1.807, 2.05) is 18.2 Å². The maximum absolute atomic E-state index is 14.4. The van der Waals surface area contributed by atoms with Crippen molar-refractivity contribution in [1.82, 2.24) is 29.2 Å². The van der Waals surface area contributed by atoms with Crippen LogP contribution >= 0.6 is 0 Å². The molecule has 2 fully saturated rings. The molecule has 2 aliphatic rings. The molecule has 1 amide bonds.